The third-order valence-corrected chi connectivity index (χ3v) is 18.6. The van der Waals surface area contributed by atoms with Crippen molar-refractivity contribution >= 4 is 56.6 Å². The quantitative estimate of drug-likeness (QED) is 0.117. The Hall–Kier alpha value is -6.04. The lowest BCUT2D eigenvalue weighted by atomic mass is 9.60. The number of ether oxygens (including phenoxy) is 1. The number of phenols is 1. The van der Waals surface area contributed by atoms with E-state index < -0.39 is 23.2 Å². The maximum absolute atomic E-state index is 17.2. The summed E-state index contributed by atoms with van der Waals surface area (Å²) in [6.45, 7) is 14.5. The minimum absolute atomic E-state index is 0.00378. The van der Waals surface area contributed by atoms with Crippen LogP contribution in [0.25, 0.3) is 32.9 Å². The van der Waals surface area contributed by atoms with Gasteiger partial charge in [0.25, 0.3) is 0 Å². The van der Waals surface area contributed by atoms with Crippen molar-refractivity contribution < 1.29 is 33.0 Å². The number of piperidine rings is 2. The number of nitrogens with one attached hydrogen (secondary N) is 2. The van der Waals surface area contributed by atoms with E-state index in [1.165, 1.54) is 37.8 Å². The molecule has 2 bridgehead atoms. The van der Waals surface area contributed by atoms with Gasteiger partial charge in [-0.25, -0.2) is 8.78 Å². The van der Waals surface area contributed by atoms with Crippen molar-refractivity contribution in [3.8, 4) is 23.0 Å². The van der Waals surface area contributed by atoms with E-state index in [2.05, 4.69) is 47.3 Å². The number of piperazine rings is 2. The lowest BCUT2D eigenvalue weighted by Crippen LogP contribution is -2.59. The monoisotopic (exact) mass is 1010 g/mol. The molecule has 5 saturated heterocycles. The Morgan fingerprint density at radius 2 is 1.62 bits per heavy atom. The number of amides is 3. The van der Waals surface area contributed by atoms with Crippen LogP contribution in [0.4, 0.5) is 26.0 Å². The fourth-order valence-electron chi connectivity index (χ4n) is 14.1. The third-order valence-electron chi connectivity index (χ3n) is 18.6. The van der Waals surface area contributed by atoms with Crippen molar-refractivity contribution in [2.24, 2.45) is 10.8 Å². The Balaban J connectivity index is 0.648. The summed E-state index contributed by atoms with van der Waals surface area (Å²) in [6, 6.07) is 12.9. The minimum Gasteiger partial charge on any atom is -0.508 e. The van der Waals surface area contributed by atoms with E-state index in [0.717, 1.165) is 102 Å². The summed E-state index contributed by atoms with van der Waals surface area (Å²) >= 11 is 0. The van der Waals surface area contributed by atoms with E-state index in [1.54, 1.807) is 23.2 Å². The van der Waals surface area contributed by atoms with Crippen molar-refractivity contribution in [3.05, 3.63) is 71.4 Å². The Labute approximate surface area is 430 Å². The normalized spacial score (nSPS) is 25.5. The number of imide groups is 1. The molecule has 3 aromatic carbocycles. The zero-order valence-electron chi connectivity index (χ0n) is 42.7. The first-order valence-corrected chi connectivity index (χ1v) is 27.1. The number of aryl methyl sites for hydroxylation is 1. The molecule has 0 radical (unpaired) electrons. The number of aromatic nitrogens is 3. The smallest absolute Gasteiger partial charge is 0.319 e. The van der Waals surface area contributed by atoms with Gasteiger partial charge >= 0.3 is 6.01 Å². The second-order valence-electron chi connectivity index (χ2n) is 23.6. The summed E-state index contributed by atoms with van der Waals surface area (Å²) in [5.41, 5.74) is 3.26. The second kappa shape index (κ2) is 17.8. The fraction of sp³-hybridized carbons (Fsp3) is 0.544. The summed E-state index contributed by atoms with van der Waals surface area (Å²) in [5, 5.41) is 18.5. The molecule has 15 nitrogen and oxygen atoms in total. The van der Waals surface area contributed by atoms with E-state index in [0.29, 0.717) is 76.1 Å². The van der Waals surface area contributed by atoms with Gasteiger partial charge in [-0.1, -0.05) is 13.0 Å². The molecule has 3 N–H and O–H groups in total. The highest BCUT2D eigenvalue weighted by molar-refractivity contribution is 6.14. The number of halogens is 2. The molecule has 5 aromatic rings. The molecule has 7 fully saturated rings. The molecule has 8 aliphatic rings. The first-order chi connectivity index (χ1) is 35.7. The summed E-state index contributed by atoms with van der Waals surface area (Å²) < 4.78 is 39.0. The first-order valence-electron chi connectivity index (χ1n) is 27.1. The number of rotatable bonds is 11. The van der Waals surface area contributed by atoms with Crippen LogP contribution >= 0.6 is 0 Å². The molecule has 74 heavy (non-hydrogen) atoms. The van der Waals surface area contributed by atoms with Crippen LogP contribution in [0.1, 0.15) is 96.1 Å². The van der Waals surface area contributed by atoms with Gasteiger partial charge in [-0.2, -0.15) is 9.97 Å². The highest BCUT2D eigenvalue weighted by Gasteiger charge is 2.52. The number of pyridine rings is 1. The summed E-state index contributed by atoms with van der Waals surface area (Å²) in [6.07, 6.45) is 11.7. The minimum atomic E-state index is -0.774. The SMILES string of the molecule is CCc1c(F)ccc2cc(O)cc(-c3ncc4c(N5CC6CCC(C5)N6)nc(OCC5(CN6CCC7(CC6)CC(N6CCN(c8ccc9c(c8)C(C)(C)C(=O)N9C8CCC(=O)NC8=O)CC6)C7)CC5)nc4c3F)c12. The van der Waals surface area contributed by atoms with Gasteiger partial charge in [0, 0.05) is 98.9 Å². The molecule has 13 rings (SSSR count). The van der Waals surface area contributed by atoms with Crippen LogP contribution < -0.4 is 30.1 Å². The number of nitrogens with zero attached hydrogens (tertiary/aromatic N) is 8. The number of carbonyl (C=O) groups excluding carboxylic acids is 3. The largest absolute Gasteiger partial charge is 0.508 e. The van der Waals surface area contributed by atoms with Crippen LogP contribution in [-0.4, -0.2) is 137 Å². The summed E-state index contributed by atoms with van der Waals surface area (Å²) in [5.74, 6) is -1.29. The van der Waals surface area contributed by atoms with Crippen molar-refractivity contribution in [2.75, 3.05) is 80.2 Å². The highest BCUT2D eigenvalue weighted by Crippen LogP contribution is 2.53. The Morgan fingerprint density at radius 3 is 2.34 bits per heavy atom. The maximum atomic E-state index is 17.2. The van der Waals surface area contributed by atoms with Gasteiger partial charge in [0.15, 0.2) is 5.82 Å². The van der Waals surface area contributed by atoms with E-state index in [9.17, 15) is 19.5 Å². The molecule has 3 atom stereocenters. The molecule has 17 heteroatoms. The number of benzene rings is 3. The molecule has 2 aromatic heterocycles. The van der Waals surface area contributed by atoms with Gasteiger partial charge in [0.1, 0.15) is 34.6 Å². The average Bonchev–Trinajstić information content (AvgIpc) is 4.02. The van der Waals surface area contributed by atoms with E-state index in [-0.39, 0.29) is 52.4 Å². The van der Waals surface area contributed by atoms with Crippen LogP contribution in [-0.2, 0) is 26.2 Å². The third kappa shape index (κ3) is 8.14. The summed E-state index contributed by atoms with van der Waals surface area (Å²) in [4.78, 5) is 64.4. The van der Waals surface area contributed by atoms with Crippen LogP contribution in [0.3, 0.4) is 0 Å². The number of aromatic hydroxyl groups is 1. The number of anilines is 3. The lowest BCUT2D eigenvalue weighted by Gasteiger charge is -2.56. The van der Waals surface area contributed by atoms with E-state index in [1.807, 2.05) is 26.8 Å². The van der Waals surface area contributed by atoms with Crippen molar-refractivity contribution in [2.45, 2.75) is 121 Å². The molecule has 8 heterocycles. The lowest BCUT2D eigenvalue weighted by molar-refractivity contribution is -0.136. The van der Waals surface area contributed by atoms with Gasteiger partial charge in [0.05, 0.1) is 17.4 Å². The van der Waals surface area contributed by atoms with Gasteiger partial charge in [-0.15, -0.1) is 0 Å². The number of hydrogen-bond donors (Lipinski definition) is 3. The summed E-state index contributed by atoms with van der Waals surface area (Å²) in [7, 11) is 0. The molecular weight excluding hydrogens is 943 g/mol. The number of hydrogen-bond acceptors (Lipinski definition) is 13. The topological polar surface area (TPSA) is 160 Å². The average molecular weight is 1010 g/mol. The van der Waals surface area contributed by atoms with Crippen molar-refractivity contribution in [1.29, 1.82) is 0 Å². The Kier molecular flexibility index (Phi) is 11.5. The number of carbonyl (C=O) groups is 3. The zero-order chi connectivity index (χ0) is 50.8. The van der Waals surface area contributed by atoms with Crippen molar-refractivity contribution in [3.63, 3.8) is 0 Å². The number of phenolic OH excluding ortho intramolecular Hbond substituents is 1. The van der Waals surface area contributed by atoms with Gasteiger partial charge < -0.3 is 29.9 Å². The van der Waals surface area contributed by atoms with E-state index >= 15 is 8.78 Å². The van der Waals surface area contributed by atoms with E-state index in [4.69, 9.17) is 14.7 Å². The maximum Gasteiger partial charge on any atom is 0.319 e. The number of fused-ring (bicyclic) bond motifs is 5. The van der Waals surface area contributed by atoms with Crippen LogP contribution in [0.5, 0.6) is 11.8 Å². The predicted octanol–water partition coefficient (Wildman–Crippen LogP) is 6.99. The fourth-order valence-corrected chi connectivity index (χ4v) is 14.1. The second-order valence-corrected chi connectivity index (χ2v) is 23.6. The van der Waals surface area contributed by atoms with Gasteiger partial charge in [-0.3, -0.25) is 34.5 Å². The highest BCUT2D eigenvalue weighted by atomic mass is 19.1. The predicted molar refractivity (Wildman–Crippen MR) is 279 cm³/mol. The molecule has 3 amide bonds. The van der Waals surface area contributed by atoms with Crippen LogP contribution in [0.2, 0.25) is 0 Å². The van der Waals surface area contributed by atoms with Gasteiger partial charge in [-0.05, 0) is 155 Å². The molecule has 2 saturated carbocycles. The molecule has 3 unspecified atom stereocenters. The molecular formula is C57H66F2N10O5. The molecule has 1 spiro atoms. The zero-order valence-corrected chi connectivity index (χ0v) is 42.7. The Morgan fingerprint density at radius 1 is 0.865 bits per heavy atom. The molecule has 2 aliphatic carbocycles. The standard InChI is InChI=1S/C57H66F2N10O5/c1-4-39-43(58)9-5-33-23-38(70)25-40(47(33)39)49-48(59)50-41(28-60-49)51(68-29-34-6-7-35(30-68)61-34)64-54(63-50)74-32-57(13-14-57)31-65-17-15-56(16-18-65)26-37(27-56)67-21-19-66(20-22-67)36-8-10-44-42(24-36)55(2,3)53(73)69(44)45-11-12-46(71)62-52(45)72/h5,8-10,23-25,28,34-35,37,45,61,70H,4,6-7,11-22,26-27,29-32H2,1-3H3,(H,62,71,72). The number of likely N-dealkylation sites (tertiary alicyclic amines) is 1. The van der Waals surface area contributed by atoms with Crippen LogP contribution in [0, 0.1) is 22.5 Å². The molecule has 388 valence electrons. The van der Waals surface area contributed by atoms with Crippen molar-refractivity contribution in [1.82, 2.24) is 35.4 Å². The first kappa shape index (κ1) is 47.7. The Bertz CT molecular complexity index is 3110. The molecule has 6 aliphatic heterocycles. The van der Waals surface area contributed by atoms with Crippen LogP contribution in [0.15, 0.2) is 48.7 Å². The van der Waals surface area contributed by atoms with Gasteiger partial charge in [0.2, 0.25) is 17.7 Å².